The zero-order valence-corrected chi connectivity index (χ0v) is 10.2. The first-order chi connectivity index (χ1) is 7.68. The van der Waals surface area contributed by atoms with Crippen LogP contribution in [0.2, 0.25) is 0 Å². The maximum atomic E-state index is 12.0. The number of hydrogen-bond acceptors (Lipinski definition) is 3. The molecule has 2 saturated heterocycles. The number of hydrogen-bond donors (Lipinski definition) is 1. The van der Waals surface area contributed by atoms with Crippen LogP contribution in [-0.2, 0) is 9.53 Å². The highest BCUT2D eigenvalue weighted by molar-refractivity contribution is 5.78. The van der Waals surface area contributed by atoms with Crippen LogP contribution in [0.25, 0.3) is 0 Å². The van der Waals surface area contributed by atoms with Gasteiger partial charge < -0.3 is 15.0 Å². The Morgan fingerprint density at radius 1 is 1.56 bits per heavy atom. The summed E-state index contributed by atoms with van der Waals surface area (Å²) in [5, 5.41) is 3.38. The average Bonchev–Trinajstić information content (AvgIpc) is 2.40. The van der Waals surface area contributed by atoms with Crippen LogP contribution >= 0.6 is 0 Å². The minimum absolute atomic E-state index is 0.170. The Balaban J connectivity index is 2.11. The van der Waals surface area contributed by atoms with Crippen LogP contribution in [-0.4, -0.2) is 49.7 Å². The summed E-state index contributed by atoms with van der Waals surface area (Å²) in [5.41, 5.74) is 0. The summed E-state index contributed by atoms with van der Waals surface area (Å²) in [6, 6.07) is 0.388. The summed E-state index contributed by atoms with van der Waals surface area (Å²) < 4.78 is 5.46. The highest BCUT2D eigenvalue weighted by Crippen LogP contribution is 2.22. The minimum Gasteiger partial charge on any atom is -0.371 e. The molecule has 4 nitrogen and oxygen atoms in total. The van der Waals surface area contributed by atoms with Crippen molar-refractivity contribution in [3.63, 3.8) is 0 Å². The number of amides is 1. The SMILES string of the molecule is CC(C)CN1C(=O)COC[C@H]2CNCC[C@@H]21. The predicted octanol–water partition coefficient (Wildman–Crippen LogP) is 0.479. The van der Waals surface area contributed by atoms with E-state index in [-0.39, 0.29) is 12.5 Å². The van der Waals surface area contributed by atoms with E-state index < -0.39 is 0 Å². The van der Waals surface area contributed by atoms with Gasteiger partial charge >= 0.3 is 0 Å². The van der Waals surface area contributed by atoms with Gasteiger partial charge in [-0.1, -0.05) is 13.8 Å². The third-order valence-electron chi connectivity index (χ3n) is 3.41. The van der Waals surface area contributed by atoms with Crippen molar-refractivity contribution in [1.82, 2.24) is 10.2 Å². The summed E-state index contributed by atoms with van der Waals surface area (Å²) in [4.78, 5) is 14.0. The molecule has 0 radical (unpaired) electrons. The Kier molecular flexibility index (Phi) is 3.82. The van der Waals surface area contributed by atoms with E-state index in [0.717, 1.165) is 32.7 Å². The Morgan fingerprint density at radius 3 is 3.12 bits per heavy atom. The Labute approximate surface area is 97.3 Å². The zero-order valence-electron chi connectivity index (χ0n) is 10.2. The summed E-state index contributed by atoms with van der Waals surface area (Å²) in [6.45, 7) is 8.17. The Bertz CT molecular complexity index is 255. The van der Waals surface area contributed by atoms with E-state index >= 15 is 0 Å². The second-order valence-electron chi connectivity index (χ2n) is 5.28. The minimum atomic E-state index is 0.170. The van der Waals surface area contributed by atoms with Gasteiger partial charge in [0, 0.05) is 25.0 Å². The number of fused-ring (bicyclic) bond motifs is 1. The quantitative estimate of drug-likeness (QED) is 0.744. The highest BCUT2D eigenvalue weighted by atomic mass is 16.5. The maximum absolute atomic E-state index is 12.0. The number of rotatable bonds is 2. The fourth-order valence-electron chi connectivity index (χ4n) is 2.69. The standard InChI is InChI=1S/C12H22N2O2/c1-9(2)6-14-11-3-4-13-5-10(11)7-16-8-12(14)15/h9-11,13H,3-8H2,1-2H3/t10-,11+/m1/s1. The summed E-state index contributed by atoms with van der Waals surface area (Å²) >= 11 is 0. The van der Waals surface area contributed by atoms with Crippen molar-refractivity contribution in [3.05, 3.63) is 0 Å². The molecule has 2 heterocycles. The molecule has 0 spiro atoms. The van der Waals surface area contributed by atoms with E-state index in [4.69, 9.17) is 4.74 Å². The normalized spacial score (nSPS) is 31.4. The monoisotopic (exact) mass is 226 g/mol. The lowest BCUT2D eigenvalue weighted by Crippen LogP contribution is -2.52. The lowest BCUT2D eigenvalue weighted by atomic mass is 9.92. The van der Waals surface area contributed by atoms with Gasteiger partial charge in [0.2, 0.25) is 5.91 Å². The molecule has 2 fully saturated rings. The van der Waals surface area contributed by atoms with Crippen LogP contribution in [0.1, 0.15) is 20.3 Å². The topological polar surface area (TPSA) is 41.6 Å². The van der Waals surface area contributed by atoms with Crippen molar-refractivity contribution in [3.8, 4) is 0 Å². The van der Waals surface area contributed by atoms with E-state index in [9.17, 15) is 4.79 Å². The number of carbonyl (C=O) groups is 1. The van der Waals surface area contributed by atoms with Crippen LogP contribution in [0.3, 0.4) is 0 Å². The molecule has 0 aromatic rings. The van der Waals surface area contributed by atoms with Crippen molar-refractivity contribution in [2.45, 2.75) is 26.3 Å². The smallest absolute Gasteiger partial charge is 0.248 e. The van der Waals surface area contributed by atoms with Gasteiger partial charge in [-0.3, -0.25) is 4.79 Å². The molecule has 0 bridgehead atoms. The fourth-order valence-corrected chi connectivity index (χ4v) is 2.69. The number of ether oxygens (including phenoxy) is 1. The van der Waals surface area contributed by atoms with Gasteiger partial charge in [-0.05, 0) is 18.9 Å². The van der Waals surface area contributed by atoms with Crippen LogP contribution < -0.4 is 5.32 Å². The van der Waals surface area contributed by atoms with Crippen molar-refractivity contribution < 1.29 is 9.53 Å². The van der Waals surface area contributed by atoms with Crippen molar-refractivity contribution >= 4 is 5.91 Å². The zero-order chi connectivity index (χ0) is 11.5. The highest BCUT2D eigenvalue weighted by Gasteiger charge is 2.35. The molecule has 0 aliphatic carbocycles. The van der Waals surface area contributed by atoms with Gasteiger partial charge in [-0.15, -0.1) is 0 Å². The average molecular weight is 226 g/mol. The predicted molar refractivity (Wildman–Crippen MR) is 62.1 cm³/mol. The summed E-state index contributed by atoms with van der Waals surface area (Å²) in [5.74, 6) is 1.17. The Morgan fingerprint density at radius 2 is 2.38 bits per heavy atom. The Hall–Kier alpha value is -0.610. The van der Waals surface area contributed by atoms with E-state index in [0.29, 0.717) is 17.9 Å². The molecule has 2 aliphatic heterocycles. The van der Waals surface area contributed by atoms with E-state index in [1.165, 1.54) is 0 Å². The first-order valence-electron chi connectivity index (χ1n) is 6.26. The summed E-state index contributed by atoms with van der Waals surface area (Å²) in [6.07, 6.45) is 1.06. The number of carbonyl (C=O) groups excluding carboxylic acids is 1. The molecule has 2 rings (SSSR count). The molecule has 92 valence electrons. The first-order valence-corrected chi connectivity index (χ1v) is 6.26. The van der Waals surface area contributed by atoms with Crippen molar-refractivity contribution in [1.29, 1.82) is 0 Å². The fraction of sp³-hybridized carbons (Fsp3) is 0.917. The lowest BCUT2D eigenvalue weighted by molar-refractivity contribution is -0.136. The number of nitrogens with one attached hydrogen (secondary N) is 1. The molecule has 16 heavy (non-hydrogen) atoms. The van der Waals surface area contributed by atoms with Crippen LogP contribution in [0.4, 0.5) is 0 Å². The molecular formula is C12H22N2O2. The molecule has 0 unspecified atom stereocenters. The number of nitrogens with zero attached hydrogens (tertiary/aromatic N) is 1. The van der Waals surface area contributed by atoms with Gasteiger partial charge in [-0.2, -0.15) is 0 Å². The van der Waals surface area contributed by atoms with Crippen LogP contribution in [0.15, 0.2) is 0 Å². The number of piperidine rings is 1. The second-order valence-corrected chi connectivity index (χ2v) is 5.28. The van der Waals surface area contributed by atoms with Crippen molar-refractivity contribution in [2.75, 3.05) is 32.8 Å². The van der Waals surface area contributed by atoms with E-state index in [2.05, 4.69) is 24.1 Å². The molecular weight excluding hydrogens is 204 g/mol. The molecule has 2 atom stereocenters. The molecule has 1 N–H and O–H groups in total. The summed E-state index contributed by atoms with van der Waals surface area (Å²) in [7, 11) is 0. The molecule has 4 heteroatoms. The third kappa shape index (κ3) is 2.55. The van der Waals surface area contributed by atoms with E-state index in [1.807, 2.05) is 0 Å². The second kappa shape index (κ2) is 5.15. The maximum Gasteiger partial charge on any atom is 0.248 e. The molecule has 0 aromatic carbocycles. The van der Waals surface area contributed by atoms with E-state index in [1.54, 1.807) is 0 Å². The molecule has 2 aliphatic rings. The molecule has 0 saturated carbocycles. The van der Waals surface area contributed by atoms with Crippen LogP contribution in [0.5, 0.6) is 0 Å². The van der Waals surface area contributed by atoms with Gasteiger partial charge in [0.25, 0.3) is 0 Å². The van der Waals surface area contributed by atoms with Gasteiger partial charge in [-0.25, -0.2) is 0 Å². The van der Waals surface area contributed by atoms with Crippen molar-refractivity contribution in [2.24, 2.45) is 11.8 Å². The molecule has 1 amide bonds. The van der Waals surface area contributed by atoms with Gasteiger partial charge in [0.05, 0.1) is 6.61 Å². The molecule has 0 aromatic heterocycles. The largest absolute Gasteiger partial charge is 0.371 e. The van der Waals surface area contributed by atoms with Gasteiger partial charge in [0.15, 0.2) is 0 Å². The van der Waals surface area contributed by atoms with Crippen LogP contribution in [0, 0.1) is 11.8 Å². The van der Waals surface area contributed by atoms with Gasteiger partial charge in [0.1, 0.15) is 6.61 Å². The lowest BCUT2D eigenvalue weighted by Gasteiger charge is -2.38. The third-order valence-corrected chi connectivity index (χ3v) is 3.41. The first kappa shape index (κ1) is 11.9.